The molecule has 0 fully saturated rings. The minimum atomic E-state index is -3.65. The van der Waals surface area contributed by atoms with Crippen LogP contribution in [-0.2, 0) is 21.3 Å². The molecule has 1 N–H and O–H groups in total. The molecule has 0 saturated carbocycles. The highest BCUT2D eigenvalue weighted by atomic mass is 35.5. The molecule has 0 radical (unpaired) electrons. The Hall–Kier alpha value is -1.48. The molecule has 0 saturated heterocycles. The van der Waals surface area contributed by atoms with Crippen LogP contribution in [0.1, 0.15) is 22.6 Å². The van der Waals surface area contributed by atoms with Crippen LogP contribution in [-0.4, -0.2) is 59.9 Å². The number of benzene rings is 2. The van der Waals surface area contributed by atoms with Crippen molar-refractivity contribution < 1.29 is 13.2 Å². The van der Waals surface area contributed by atoms with Crippen LogP contribution >= 0.6 is 23.2 Å². The van der Waals surface area contributed by atoms with Gasteiger partial charge >= 0.3 is 0 Å². The van der Waals surface area contributed by atoms with Gasteiger partial charge in [0.25, 0.3) is 0 Å². The highest BCUT2D eigenvalue weighted by molar-refractivity contribution is 7.89. The van der Waals surface area contributed by atoms with Crippen molar-refractivity contribution in [3.8, 4) is 0 Å². The number of fused-ring (bicyclic) bond motifs is 1. The number of sulfonamides is 1. The molecule has 6 nitrogen and oxygen atoms in total. The molecule has 3 rings (SSSR count). The van der Waals surface area contributed by atoms with Crippen molar-refractivity contribution in [3.63, 3.8) is 0 Å². The van der Waals surface area contributed by atoms with Crippen molar-refractivity contribution in [3.05, 3.63) is 63.1 Å². The Labute approximate surface area is 187 Å². The summed E-state index contributed by atoms with van der Waals surface area (Å²) in [5.41, 5.74) is 2.96. The monoisotopic (exact) mass is 469 g/mol. The Kier molecular flexibility index (Phi) is 7.90. The second-order valence-corrected chi connectivity index (χ2v) is 9.85. The fraction of sp³-hybridized carbons (Fsp3) is 0.381. The third-order valence-electron chi connectivity index (χ3n) is 5.00. The summed E-state index contributed by atoms with van der Waals surface area (Å²) in [7, 11) is -1.63. The zero-order valence-corrected chi connectivity index (χ0v) is 19.1. The van der Waals surface area contributed by atoms with Crippen LogP contribution in [0.15, 0.2) is 46.3 Å². The van der Waals surface area contributed by atoms with Crippen LogP contribution in [0.4, 0.5) is 0 Å². The number of nitrogens with one attached hydrogen (secondary N) is 1. The van der Waals surface area contributed by atoms with Crippen LogP contribution in [0.3, 0.4) is 0 Å². The van der Waals surface area contributed by atoms with Gasteiger partial charge in [-0.1, -0.05) is 35.3 Å². The lowest BCUT2D eigenvalue weighted by Crippen LogP contribution is -2.31. The average molecular weight is 470 g/mol. The van der Waals surface area contributed by atoms with E-state index < -0.39 is 10.0 Å². The standard InChI is InChI=1S/C21H25Cl2N3O3S/c1-24-6-8-29-9-7-25-30(27,28)17-5-3-4-15(10-17)19-13-26(2)14-20-18(19)11-16(22)12-21(20)23/h3-5,10-12,19,25H,1,6-9,13-14H2,2H3. The fourth-order valence-corrected chi connectivity index (χ4v) is 5.23. The van der Waals surface area contributed by atoms with Gasteiger partial charge in [0.05, 0.1) is 24.7 Å². The molecule has 2 aromatic carbocycles. The number of hydrogen-bond acceptors (Lipinski definition) is 5. The molecule has 1 unspecified atom stereocenters. The molecular weight excluding hydrogens is 445 g/mol. The average Bonchev–Trinajstić information content (AvgIpc) is 2.71. The molecule has 1 aliphatic rings. The van der Waals surface area contributed by atoms with Gasteiger partial charge in [-0.3, -0.25) is 4.99 Å². The van der Waals surface area contributed by atoms with Gasteiger partial charge in [0, 0.05) is 35.6 Å². The predicted octanol–water partition coefficient (Wildman–Crippen LogP) is 3.57. The lowest BCUT2D eigenvalue weighted by molar-refractivity contribution is 0.147. The SMILES string of the molecule is C=NCCOCCNS(=O)(=O)c1cccc(C2CN(C)Cc3c(Cl)cc(Cl)cc32)c1. The zero-order chi connectivity index (χ0) is 21.7. The molecule has 1 atom stereocenters. The summed E-state index contributed by atoms with van der Waals surface area (Å²) < 4.78 is 33.3. The first-order chi connectivity index (χ1) is 14.3. The molecule has 0 amide bonds. The number of likely N-dealkylation sites (N-methyl/N-ethyl adjacent to an activating group) is 1. The molecule has 1 aliphatic heterocycles. The third-order valence-corrected chi connectivity index (χ3v) is 7.01. The maximum Gasteiger partial charge on any atom is 0.240 e. The van der Waals surface area contributed by atoms with Crippen LogP contribution < -0.4 is 4.72 Å². The second-order valence-electron chi connectivity index (χ2n) is 7.23. The van der Waals surface area contributed by atoms with E-state index in [2.05, 4.69) is 21.3 Å². The van der Waals surface area contributed by atoms with Gasteiger partial charge in [-0.2, -0.15) is 0 Å². The molecule has 1 heterocycles. The Morgan fingerprint density at radius 3 is 2.83 bits per heavy atom. The van der Waals surface area contributed by atoms with Gasteiger partial charge in [-0.15, -0.1) is 0 Å². The van der Waals surface area contributed by atoms with Gasteiger partial charge in [-0.25, -0.2) is 13.1 Å². The van der Waals surface area contributed by atoms with E-state index in [1.54, 1.807) is 24.3 Å². The van der Waals surface area contributed by atoms with Crippen LogP contribution in [0, 0.1) is 0 Å². The predicted molar refractivity (Wildman–Crippen MR) is 122 cm³/mol. The van der Waals surface area contributed by atoms with Crippen molar-refractivity contribution in [2.75, 3.05) is 39.9 Å². The minimum Gasteiger partial charge on any atom is -0.378 e. The first kappa shape index (κ1) is 23.2. The van der Waals surface area contributed by atoms with Crippen molar-refractivity contribution in [1.82, 2.24) is 9.62 Å². The summed E-state index contributed by atoms with van der Waals surface area (Å²) in [6, 6.07) is 10.7. The van der Waals surface area contributed by atoms with Crippen molar-refractivity contribution >= 4 is 39.9 Å². The minimum absolute atomic E-state index is 0.0279. The van der Waals surface area contributed by atoms with E-state index in [-0.39, 0.29) is 24.0 Å². The molecule has 0 aromatic heterocycles. The number of hydrogen-bond donors (Lipinski definition) is 1. The van der Waals surface area contributed by atoms with Gasteiger partial charge in [0.15, 0.2) is 0 Å². The first-order valence-corrected chi connectivity index (χ1v) is 11.8. The quantitative estimate of drug-likeness (QED) is 0.450. The summed E-state index contributed by atoms with van der Waals surface area (Å²) in [6.07, 6.45) is 0. The summed E-state index contributed by atoms with van der Waals surface area (Å²) in [5, 5.41) is 1.21. The Morgan fingerprint density at radius 1 is 1.27 bits per heavy atom. The van der Waals surface area contributed by atoms with Crippen molar-refractivity contribution in [1.29, 1.82) is 0 Å². The largest absolute Gasteiger partial charge is 0.378 e. The summed E-state index contributed by atoms with van der Waals surface area (Å²) in [4.78, 5) is 6.07. The molecule has 0 aliphatic carbocycles. The molecule has 9 heteroatoms. The van der Waals surface area contributed by atoms with E-state index >= 15 is 0 Å². The Bertz CT molecular complexity index is 1010. The molecule has 2 aromatic rings. The van der Waals surface area contributed by atoms with Crippen LogP contribution in [0.5, 0.6) is 0 Å². The maximum absolute atomic E-state index is 12.7. The second kappa shape index (κ2) is 10.2. The number of nitrogens with zero attached hydrogens (tertiary/aromatic N) is 2. The first-order valence-electron chi connectivity index (χ1n) is 9.58. The Morgan fingerprint density at radius 2 is 2.07 bits per heavy atom. The summed E-state index contributed by atoms with van der Waals surface area (Å²) in [5.74, 6) is -0.0279. The van der Waals surface area contributed by atoms with E-state index in [0.717, 1.165) is 29.8 Å². The van der Waals surface area contributed by atoms with Gasteiger partial charge in [0.2, 0.25) is 10.0 Å². The summed E-state index contributed by atoms with van der Waals surface area (Å²) in [6.45, 7) is 6.20. The van der Waals surface area contributed by atoms with Crippen molar-refractivity contribution in [2.45, 2.75) is 17.4 Å². The molecule has 0 bridgehead atoms. The Balaban J connectivity index is 1.81. The van der Waals surface area contributed by atoms with Gasteiger partial charge in [-0.05, 0) is 54.7 Å². The topological polar surface area (TPSA) is 71.0 Å². The number of halogens is 2. The molecule has 30 heavy (non-hydrogen) atoms. The van der Waals surface area contributed by atoms with E-state index in [9.17, 15) is 8.42 Å². The van der Waals surface area contributed by atoms with Crippen LogP contribution in [0.2, 0.25) is 10.0 Å². The van der Waals surface area contributed by atoms with E-state index in [1.165, 1.54) is 0 Å². The third kappa shape index (κ3) is 5.60. The number of rotatable bonds is 9. The van der Waals surface area contributed by atoms with Crippen LogP contribution in [0.25, 0.3) is 0 Å². The fourth-order valence-electron chi connectivity index (χ4n) is 3.59. The van der Waals surface area contributed by atoms with Gasteiger partial charge < -0.3 is 9.64 Å². The van der Waals surface area contributed by atoms with Gasteiger partial charge in [0.1, 0.15) is 0 Å². The maximum atomic E-state index is 12.7. The molecular formula is C21H25Cl2N3O3S. The highest BCUT2D eigenvalue weighted by Crippen LogP contribution is 2.38. The smallest absolute Gasteiger partial charge is 0.240 e. The number of aliphatic imine (C=N–C) groups is 1. The summed E-state index contributed by atoms with van der Waals surface area (Å²) >= 11 is 12.7. The lowest BCUT2D eigenvalue weighted by atomic mass is 9.85. The zero-order valence-electron chi connectivity index (χ0n) is 16.8. The lowest BCUT2D eigenvalue weighted by Gasteiger charge is -2.33. The molecule has 0 spiro atoms. The molecule has 162 valence electrons. The number of ether oxygens (including phenoxy) is 1. The van der Waals surface area contributed by atoms with E-state index in [1.807, 2.05) is 19.2 Å². The normalized spacial score (nSPS) is 17.0. The van der Waals surface area contributed by atoms with Crippen molar-refractivity contribution in [2.24, 2.45) is 4.99 Å². The highest BCUT2D eigenvalue weighted by Gasteiger charge is 2.28. The van der Waals surface area contributed by atoms with E-state index in [4.69, 9.17) is 27.9 Å². The van der Waals surface area contributed by atoms with E-state index in [0.29, 0.717) is 23.2 Å².